The Morgan fingerprint density at radius 2 is 1.69 bits per heavy atom. The molecule has 1 atom stereocenters. The number of rotatable bonds is 11. The number of hydrogen-bond donors (Lipinski definition) is 2. The Balaban J connectivity index is 1.17. The van der Waals surface area contributed by atoms with Gasteiger partial charge in [0.25, 0.3) is 0 Å². The number of aromatic hydroxyl groups is 1. The number of ether oxygens (including phenoxy) is 1. The minimum atomic E-state index is -0.118. The summed E-state index contributed by atoms with van der Waals surface area (Å²) in [5.41, 5.74) is 4.42. The van der Waals surface area contributed by atoms with Crippen LogP contribution in [0.25, 0.3) is 0 Å². The molecule has 2 bridgehead atoms. The van der Waals surface area contributed by atoms with Crippen molar-refractivity contribution in [3.63, 3.8) is 0 Å². The van der Waals surface area contributed by atoms with Gasteiger partial charge in [0.2, 0.25) is 0 Å². The summed E-state index contributed by atoms with van der Waals surface area (Å²) in [5.74, 6) is 1.70. The first-order valence-corrected chi connectivity index (χ1v) is 12.5. The van der Waals surface area contributed by atoms with E-state index in [4.69, 9.17) is 4.74 Å². The second-order valence-electron chi connectivity index (χ2n) is 10.2. The Hall–Kier alpha value is -1.88. The number of piperidine rings is 3. The molecular formula is C28H40NO3+. The first-order valence-electron chi connectivity index (χ1n) is 12.5. The molecule has 0 aliphatic carbocycles. The van der Waals surface area contributed by atoms with Crippen LogP contribution in [0.15, 0.2) is 42.5 Å². The molecule has 32 heavy (non-hydrogen) atoms. The highest BCUT2D eigenvalue weighted by Crippen LogP contribution is 2.33. The summed E-state index contributed by atoms with van der Waals surface area (Å²) in [6, 6.07) is 14.5. The lowest BCUT2D eigenvalue weighted by molar-refractivity contribution is -0.943. The van der Waals surface area contributed by atoms with Crippen molar-refractivity contribution in [2.24, 2.45) is 5.92 Å². The predicted molar refractivity (Wildman–Crippen MR) is 129 cm³/mol. The molecule has 0 amide bonds. The van der Waals surface area contributed by atoms with Crippen LogP contribution in [0, 0.1) is 5.92 Å². The lowest BCUT2D eigenvalue weighted by atomic mass is 9.86. The summed E-state index contributed by atoms with van der Waals surface area (Å²) in [5, 5.41) is 19.0. The third-order valence-corrected chi connectivity index (χ3v) is 7.98. The van der Waals surface area contributed by atoms with Crippen molar-refractivity contribution in [1.29, 1.82) is 0 Å². The third-order valence-electron chi connectivity index (χ3n) is 7.98. The summed E-state index contributed by atoms with van der Waals surface area (Å²) in [7, 11) is 0. The highest BCUT2D eigenvalue weighted by Gasteiger charge is 2.39. The first-order chi connectivity index (χ1) is 15.6. The number of nitrogens with zero attached hydrogens (tertiary/aromatic N) is 1. The van der Waals surface area contributed by atoms with E-state index in [-0.39, 0.29) is 12.4 Å². The highest BCUT2D eigenvalue weighted by molar-refractivity contribution is 5.35. The summed E-state index contributed by atoms with van der Waals surface area (Å²) in [4.78, 5) is 0. The molecule has 3 aliphatic heterocycles. The molecule has 3 heterocycles. The molecule has 3 aliphatic rings. The number of hydrogen-bond acceptors (Lipinski definition) is 3. The van der Waals surface area contributed by atoms with E-state index in [2.05, 4.69) is 31.2 Å². The van der Waals surface area contributed by atoms with Crippen LogP contribution >= 0.6 is 0 Å². The monoisotopic (exact) mass is 438 g/mol. The van der Waals surface area contributed by atoms with Gasteiger partial charge in [-0.2, -0.15) is 0 Å². The van der Waals surface area contributed by atoms with Crippen molar-refractivity contribution in [1.82, 2.24) is 0 Å². The van der Waals surface area contributed by atoms with Gasteiger partial charge >= 0.3 is 0 Å². The fraction of sp³-hybridized carbons (Fsp3) is 0.571. The van der Waals surface area contributed by atoms with Gasteiger partial charge < -0.3 is 19.4 Å². The fourth-order valence-electron chi connectivity index (χ4n) is 5.56. The van der Waals surface area contributed by atoms with Gasteiger partial charge in [-0.1, -0.05) is 37.3 Å². The van der Waals surface area contributed by atoms with E-state index in [9.17, 15) is 10.2 Å². The zero-order valence-corrected chi connectivity index (χ0v) is 19.6. The zero-order valence-electron chi connectivity index (χ0n) is 19.6. The van der Waals surface area contributed by atoms with Crippen molar-refractivity contribution in [2.75, 3.05) is 32.8 Å². The van der Waals surface area contributed by atoms with Gasteiger partial charge in [-0.3, -0.25) is 0 Å². The molecule has 2 aromatic rings. The van der Waals surface area contributed by atoms with Gasteiger partial charge in [0.1, 0.15) is 12.3 Å². The van der Waals surface area contributed by atoms with Crippen LogP contribution in [0.1, 0.15) is 67.2 Å². The Morgan fingerprint density at radius 3 is 2.38 bits per heavy atom. The van der Waals surface area contributed by atoms with E-state index in [0.717, 1.165) is 31.8 Å². The van der Waals surface area contributed by atoms with Crippen LogP contribution in [-0.2, 0) is 24.4 Å². The van der Waals surface area contributed by atoms with Crippen LogP contribution in [0.4, 0.5) is 0 Å². The molecule has 4 heteroatoms. The molecule has 174 valence electrons. The molecule has 5 rings (SSSR count). The van der Waals surface area contributed by atoms with Crippen molar-refractivity contribution >= 4 is 0 Å². The van der Waals surface area contributed by atoms with Crippen LogP contribution < -0.4 is 0 Å². The Bertz CT molecular complexity index is 842. The molecular weight excluding hydrogens is 398 g/mol. The standard InChI is InChI=1S/C28H39NO3/c1-22(3-2-4-24-7-10-28(31)27(19-24)20-30)26-8-5-25(6-9-26)21-32-18-17-29-14-11-23(12-15-29)13-16-29/h5-10,19,22-23,30H,2-4,11-18,20-21H2,1H3/p+1/t22-,23?,29?/m1/s1. The van der Waals surface area contributed by atoms with Crippen molar-refractivity contribution < 1.29 is 19.4 Å². The quantitative estimate of drug-likeness (QED) is 0.376. The first kappa shape index (κ1) is 23.3. The number of phenols is 1. The second kappa shape index (κ2) is 10.8. The zero-order chi connectivity index (χ0) is 22.4. The van der Waals surface area contributed by atoms with E-state index in [1.807, 2.05) is 12.1 Å². The number of quaternary nitrogens is 1. The Labute approximate surface area is 193 Å². The fourth-order valence-corrected chi connectivity index (χ4v) is 5.56. The second-order valence-corrected chi connectivity index (χ2v) is 10.2. The third kappa shape index (κ3) is 5.92. The van der Waals surface area contributed by atoms with Gasteiger partial charge in [-0.25, -0.2) is 0 Å². The molecule has 2 N–H and O–H groups in total. The number of fused-ring (bicyclic) bond motifs is 3. The number of aliphatic hydroxyl groups excluding tert-OH is 1. The van der Waals surface area contributed by atoms with E-state index in [1.54, 1.807) is 6.07 Å². The lowest BCUT2D eigenvalue weighted by Crippen LogP contribution is -2.59. The number of aryl methyl sites for hydroxylation is 1. The van der Waals surface area contributed by atoms with Crippen molar-refractivity contribution in [3.8, 4) is 5.75 Å². The maximum Gasteiger partial charge on any atom is 0.121 e. The summed E-state index contributed by atoms with van der Waals surface area (Å²) >= 11 is 0. The molecule has 3 fully saturated rings. The van der Waals surface area contributed by atoms with Crippen LogP contribution in [0.2, 0.25) is 0 Å². The van der Waals surface area contributed by atoms with Crippen molar-refractivity contribution in [3.05, 3.63) is 64.7 Å². The SMILES string of the molecule is C[C@H](CCCc1ccc(O)c(CO)c1)c1ccc(COCC[N+]23CCC(CC2)CC3)cc1. The summed E-state index contributed by atoms with van der Waals surface area (Å²) in [6.07, 6.45) is 7.45. The number of benzene rings is 2. The minimum Gasteiger partial charge on any atom is -0.508 e. The van der Waals surface area contributed by atoms with Gasteiger partial charge in [0.05, 0.1) is 39.5 Å². The van der Waals surface area contributed by atoms with Gasteiger partial charge in [0, 0.05) is 5.56 Å². The van der Waals surface area contributed by atoms with Crippen molar-refractivity contribution in [2.45, 2.75) is 64.6 Å². The molecule has 0 unspecified atom stereocenters. The minimum absolute atomic E-state index is 0.118. The molecule has 0 saturated carbocycles. The molecule has 2 aromatic carbocycles. The van der Waals surface area contributed by atoms with E-state index in [0.29, 0.717) is 18.1 Å². The maximum absolute atomic E-state index is 9.70. The Kier molecular flexibility index (Phi) is 7.88. The lowest BCUT2D eigenvalue weighted by Gasteiger charge is -2.49. The van der Waals surface area contributed by atoms with E-state index >= 15 is 0 Å². The molecule has 0 aromatic heterocycles. The van der Waals surface area contributed by atoms with E-state index < -0.39 is 0 Å². The maximum atomic E-state index is 9.70. The number of aliphatic hydroxyl groups is 1. The van der Waals surface area contributed by atoms with Crippen LogP contribution in [-0.4, -0.2) is 47.5 Å². The normalized spacial score (nSPS) is 23.4. The topological polar surface area (TPSA) is 49.7 Å². The average Bonchev–Trinajstić information content (AvgIpc) is 2.84. The average molecular weight is 439 g/mol. The Morgan fingerprint density at radius 1 is 1.00 bits per heavy atom. The van der Waals surface area contributed by atoms with Crippen LogP contribution in [0.3, 0.4) is 0 Å². The van der Waals surface area contributed by atoms with E-state index in [1.165, 1.54) is 66.6 Å². The molecule has 3 saturated heterocycles. The highest BCUT2D eigenvalue weighted by atomic mass is 16.5. The van der Waals surface area contributed by atoms with Gasteiger partial charge in [-0.05, 0) is 79.2 Å². The molecule has 4 nitrogen and oxygen atoms in total. The summed E-state index contributed by atoms with van der Waals surface area (Å²) < 4.78 is 7.36. The molecule has 0 radical (unpaired) electrons. The predicted octanol–water partition coefficient (Wildman–Crippen LogP) is 5.16. The van der Waals surface area contributed by atoms with Gasteiger partial charge in [0.15, 0.2) is 0 Å². The largest absolute Gasteiger partial charge is 0.508 e. The van der Waals surface area contributed by atoms with Crippen LogP contribution in [0.5, 0.6) is 5.75 Å². The molecule has 0 spiro atoms. The summed E-state index contributed by atoms with van der Waals surface area (Å²) in [6.45, 7) is 9.05. The van der Waals surface area contributed by atoms with Gasteiger partial charge in [-0.15, -0.1) is 0 Å². The smallest absolute Gasteiger partial charge is 0.121 e.